The number of para-hydroxylation sites is 1. The lowest BCUT2D eigenvalue weighted by Crippen LogP contribution is -2.02. The monoisotopic (exact) mass is 236 g/mol. The van der Waals surface area contributed by atoms with Crippen LogP contribution in [-0.2, 0) is 6.54 Å². The van der Waals surface area contributed by atoms with Gasteiger partial charge in [0.15, 0.2) is 0 Å². The number of thiophene rings is 1. The van der Waals surface area contributed by atoms with E-state index in [0.717, 1.165) is 17.1 Å². The van der Waals surface area contributed by atoms with Crippen LogP contribution < -0.4 is 10.5 Å². The Hall–Kier alpha value is -0.970. The minimum Gasteiger partial charge on any atom is -0.398 e. The van der Waals surface area contributed by atoms with Crippen molar-refractivity contribution in [2.45, 2.75) is 11.4 Å². The number of nitrogen functional groups attached to an aromatic ring is 1. The molecule has 0 unspecified atom stereocenters. The molecule has 0 saturated carbocycles. The summed E-state index contributed by atoms with van der Waals surface area (Å²) in [6.07, 6.45) is 0. The normalized spacial score (nSPS) is 10.4. The van der Waals surface area contributed by atoms with Crippen LogP contribution in [0.25, 0.3) is 0 Å². The molecule has 0 radical (unpaired) electrons. The van der Waals surface area contributed by atoms with E-state index in [0.29, 0.717) is 0 Å². The lowest BCUT2D eigenvalue weighted by atomic mass is 10.3. The SMILES string of the molecule is Nc1ccccc1SNCc1cccs1. The van der Waals surface area contributed by atoms with Gasteiger partial charge in [-0.05, 0) is 35.5 Å². The molecule has 2 rings (SSSR count). The maximum absolute atomic E-state index is 5.82. The minimum atomic E-state index is 0.821. The summed E-state index contributed by atoms with van der Waals surface area (Å²) in [5.41, 5.74) is 6.64. The first-order chi connectivity index (χ1) is 7.36. The molecular weight excluding hydrogens is 224 g/mol. The fraction of sp³-hybridized carbons (Fsp3) is 0.0909. The van der Waals surface area contributed by atoms with E-state index in [4.69, 9.17) is 5.73 Å². The highest BCUT2D eigenvalue weighted by molar-refractivity contribution is 7.97. The Labute approximate surface area is 97.6 Å². The summed E-state index contributed by atoms with van der Waals surface area (Å²) in [6, 6.07) is 12.0. The second kappa shape index (κ2) is 5.21. The van der Waals surface area contributed by atoms with Crippen molar-refractivity contribution in [3.63, 3.8) is 0 Å². The third-order valence-electron chi connectivity index (χ3n) is 1.93. The van der Waals surface area contributed by atoms with Crippen molar-refractivity contribution in [1.29, 1.82) is 0 Å². The van der Waals surface area contributed by atoms with E-state index in [1.807, 2.05) is 24.3 Å². The van der Waals surface area contributed by atoms with Gasteiger partial charge in [-0.15, -0.1) is 11.3 Å². The number of anilines is 1. The average molecular weight is 236 g/mol. The second-order valence-electron chi connectivity index (χ2n) is 3.04. The Balaban J connectivity index is 1.86. The Morgan fingerprint density at radius 2 is 2.07 bits per heavy atom. The van der Waals surface area contributed by atoms with Gasteiger partial charge in [0, 0.05) is 22.0 Å². The van der Waals surface area contributed by atoms with E-state index in [2.05, 4.69) is 22.2 Å². The number of benzene rings is 1. The summed E-state index contributed by atoms with van der Waals surface area (Å²) in [6.45, 7) is 0.872. The maximum atomic E-state index is 5.82. The molecule has 0 atom stereocenters. The number of nitrogens with two attached hydrogens (primary N) is 1. The van der Waals surface area contributed by atoms with Crippen molar-refractivity contribution in [3.8, 4) is 0 Å². The Morgan fingerprint density at radius 1 is 1.20 bits per heavy atom. The van der Waals surface area contributed by atoms with Crippen LogP contribution in [0.2, 0.25) is 0 Å². The van der Waals surface area contributed by atoms with Gasteiger partial charge in [0.05, 0.1) is 0 Å². The van der Waals surface area contributed by atoms with Crippen LogP contribution in [0.3, 0.4) is 0 Å². The molecule has 4 heteroatoms. The van der Waals surface area contributed by atoms with Gasteiger partial charge in [0.25, 0.3) is 0 Å². The van der Waals surface area contributed by atoms with Gasteiger partial charge >= 0.3 is 0 Å². The van der Waals surface area contributed by atoms with Gasteiger partial charge in [-0.2, -0.15) is 0 Å². The summed E-state index contributed by atoms with van der Waals surface area (Å²) in [5.74, 6) is 0. The minimum absolute atomic E-state index is 0.821. The van der Waals surface area contributed by atoms with Gasteiger partial charge in [0.2, 0.25) is 0 Å². The lowest BCUT2D eigenvalue weighted by Gasteiger charge is -2.04. The smallest absolute Gasteiger partial charge is 0.0465 e. The van der Waals surface area contributed by atoms with Gasteiger partial charge in [-0.1, -0.05) is 18.2 Å². The van der Waals surface area contributed by atoms with Crippen LogP contribution in [0.4, 0.5) is 5.69 Å². The summed E-state index contributed by atoms with van der Waals surface area (Å²) >= 11 is 3.33. The van der Waals surface area contributed by atoms with Gasteiger partial charge in [-0.3, -0.25) is 4.72 Å². The van der Waals surface area contributed by atoms with Crippen molar-refractivity contribution in [3.05, 3.63) is 46.7 Å². The predicted molar refractivity (Wildman–Crippen MR) is 67.9 cm³/mol. The van der Waals surface area contributed by atoms with Crippen molar-refractivity contribution >= 4 is 29.0 Å². The van der Waals surface area contributed by atoms with E-state index in [1.165, 1.54) is 4.88 Å². The highest BCUT2D eigenvalue weighted by atomic mass is 32.2. The van der Waals surface area contributed by atoms with Gasteiger partial charge < -0.3 is 5.73 Å². The van der Waals surface area contributed by atoms with Crippen molar-refractivity contribution in [1.82, 2.24) is 4.72 Å². The molecule has 0 fully saturated rings. The quantitative estimate of drug-likeness (QED) is 0.632. The van der Waals surface area contributed by atoms with Gasteiger partial charge in [0.1, 0.15) is 0 Å². The van der Waals surface area contributed by atoms with Crippen LogP contribution in [0.1, 0.15) is 4.88 Å². The van der Waals surface area contributed by atoms with Crippen molar-refractivity contribution < 1.29 is 0 Å². The fourth-order valence-electron chi connectivity index (χ4n) is 1.17. The molecular formula is C11H12N2S2. The molecule has 78 valence electrons. The van der Waals surface area contributed by atoms with Crippen LogP contribution in [0.15, 0.2) is 46.7 Å². The number of hydrogen-bond acceptors (Lipinski definition) is 4. The van der Waals surface area contributed by atoms with Crippen LogP contribution in [0, 0.1) is 0 Å². The number of nitrogens with one attached hydrogen (secondary N) is 1. The Kier molecular flexibility index (Phi) is 3.66. The third-order valence-corrected chi connectivity index (χ3v) is 3.68. The van der Waals surface area contributed by atoms with E-state index in [-0.39, 0.29) is 0 Å². The molecule has 0 aliphatic carbocycles. The summed E-state index contributed by atoms with van der Waals surface area (Å²) in [4.78, 5) is 2.41. The van der Waals surface area contributed by atoms with E-state index in [1.54, 1.807) is 23.3 Å². The zero-order chi connectivity index (χ0) is 10.5. The second-order valence-corrected chi connectivity index (χ2v) is 5.01. The molecule has 1 heterocycles. The van der Waals surface area contributed by atoms with Gasteiger partial charge in [-0.25, -0.2) is 0 Å². The molecule has 1 aromatic carbocycles. The standard InChI is InChI=1S/C11H12N2S2/c12-10-5-1-2-6-11(10)15-13-8-9-4-3-7-14-9/h1-7,13H,8,12H2. The fourth-order valence-corrected chi connectivity index (χ4v) is 2.62. The van der Waals surface area contributed by atoms with Crippen LogP contribution in [0.5, 0.6) is 0 Å². The summed E-state index contributed by atoms with van der Waals surface area (Å²) in [7, 11) is 0. The third kappa shape index (κ3) is 2.99. The Bertz CT molecular complexity index is 412. The first-order valence-corrected chi connectivity index (χ1v) is 6.32. The summed E-state index contributed by atoms with van der Waals surface area (Å²) < 4.78 is 3.29. The molecule has 0 aliphatic heterocycles. The first-order valence-electron chi connectivity index (χ1n) is 4.63. The zero-order valence-electron chi connectivity index (χ0n) is 8.14. The molecule has 1 aromatic heterocycles. The molecule has 0 aliphatic rings. The zero-order valence-corrected chi connectivity index (χ0v) is 9.78. The molecule has 0 spiro atoms. The van der Waals surface area contributed by atoms with Crippen LogP contribution in [-0.4, -0.2) is 0 Å². The molecule has 3 N–H and O–H groups in total. The van der Waals surface area contributed by atoms with Crippen LogP contribution >= 0.6 is 23.3 Å². The highest BCUT2D eigenvalue weighted by Crippen LogP contribution is 2.22. The van der Waals surface area contributed by atoms with Crippen molar-refractivity contribution in [2.24, 2.45) is 0 Å². The average Bonchev–Trinajstić information content (AvgIpc) is 2.74. The molecule has 15 heavy (non-hydrogen) atoms. The molecule has 2 nitrogen and oxygen atoms in total. The molecule has 0 bridgehead atoms. The topological polar surface area (TPSA) is 38.0 Å². The lowest BCUT2D eigenvalue weighted by molar-refractivity contribution is 1.00. The highest BCUT2D eigenvalue weighted by Gasteiger charge is 1.98. The van der Waals surface area contributed by atoms with E-state index < -0.39 is 0 Å². The predicted octanol–water partition coefficient (Wildman–Crippen LogP) is 3.13. The van der Waals surface area contributed by atoms with E-state index >= 15 is 0 Å². The molecule has 0 saturated heterocycles. The Morgan fingerprint density at radius 3 is 2.80 bits per heavy atom. The largest absolute Gasteiger partial charge is 0.398 e. The number of rotatable bonds is 4. The number of hydrogen-bond donors (Lipinski definition) is 2. The van der Waals surface area contributed by atoms with E-state index in [9.17, 15) is 0 Å². The molecule has 2 aromatic rings. The first kappa shape index (κ1) is 10.5. The maximum Gasteiger partial charge on any atom is 0.0465 e. The summed E-state index contributed by atoms with van der Waals surface area (Å²) in [5, 5.41) is 2.08. The van der Waals surface area contributed by atoms with Crippen molar-refractivity contribution in [2.75, 3.05) is 5.73 Å². The molecule has 0 amide bonds.